The zero-order valence-electron chi connectivity index (χ0n) is 24.7. The van der Waals surface area contributed by atoms with Crippen LogP contribution in [0.3, 0.4) is 0 Å². The molecule has 0 aliphatic heterocycles. The highest BCUT2D eigenvalue weighted by Gasteiger charge is 2.20. The highest BCUT2D eigenvalue weighted by molar-refractivity contribution is 6.04. The molecule has 2 amide bonds. The van der Waals surface area contributed by atoms with Gasteiger partial charge in [-0.15, -0.1) is 0 Å². The Morgan fingerprint density at radius 3 is 2.26 bits per heavy atom. The number of nitrogens with zero attached hydrogens (tertiary/aromatic N) is 1. The summed E-state index contributed by atoms with van der Waals surface area (Å²) < 4.78 is 11.2. The van der Waals surface area contributed by atoms with Crippen molar-refractivity contribution in [1.29, 1.82) is 0 Å². The molecule has 0 aliphatic rings. The quantitative estimate of drug-likeness (QED) is 0.158. The Morgan fingerprint density at radius 1 is 0.953 bits per heavy atom. The molecule has 1 aromatic heterocycles. The Bertz CT molecular complexity index is 1520. The minimum absolute atomic E-state index is 0.0168. The molecule has 0 saturated carbocycles. The lowest BCUT2D eigenvalue weighted by Crippen LogP contribution is -2.41. The summed E-state index contributed by atoms with van der Waals surface area (Å²) in [7, 11) is 1.49. The first-order valence-corrected chi connectivity index (χ1v) is 13.9. The van der Waals surface area contributed by atoms with Crippen LogP contribution >= 0.6 is 0 Å². The molecule has 4 N–H and O–H groups in total. The number of ether oxygens (including phenoxy) is 2. The van der Waals surface area contributed by atoms with Crippen LogP contribution in [-0.4, -0.2) is 46.1 Å². The van der Waals surface area contributed by atoms with E-state index in [1.807, 2.05) is 39.0 Å². The van der Waals surface area contributed by atoms with Gasteiger partial charge in [-0.05, 0) is 67.3 Å². The average Bonchev–Trinajstić information content (AvgIpc) is 2.98. The van der Waals surface area contributed by atoms with Gasteiger partial charge in [0, 0.05) is 35.3 Å². The van der Waals surface area contributed by atoms with E-state index in [-0.39, 0.29) is 23.5 Å². The van der Waals surface area contributed by atoms with E-state index in [0.29, 0.717) is 52.2 Å². The number of carbonyl (C=O) groups is 3. The Balaban J connectivity index is 0.000000308. The number of phenols is 1. The van der Waals surface area contributed by atoms with Crippen LogP contribution in [0.4, 0.5) is 5.69 Å². The summed E-state index contributed by atoms with van der Waals surface area (Å²) >= 11 is 0. The number of rotatable bonds is 11. The monoisotopic (exact) mass is 587 g/mol. The van der Waals surface area contributed by atoms with E-state index in [0.717, 1.165) is 6.42 Å². The van der Waals surface area contributed by atoms with Crippen LogP contribution in [0.15, 0.2) is 79.0 Å². The molecule has 0 aliphatic carbocycles. The maximum absolute atomic E-state index is 12.2. The van der Waals surface area contributed by atoms with Crippen molar-refractivity contribution in [2.24, 2.45) is 5.92 Å². The van der Waals surface area contributed by atoms with Gasteiger partial charge in [-0.25, -0.2) is 4.79 Å². The Labute approximate surface area is 250 Å². The van der Waals surface area contributed by atoms with E-state index in [9.17, 15) is 19.5 Å². The number of pyridine rings is 1. The fourth-order valence-corrected chi connectivity index (χ4v) is 4.10. The molecule has 1 atom stereocenters. The summed E-state index contributed by atoms with van der Waals surface area (Å²) in [5, 5.41) is 24.8. The van der Waals surface area contributed by atoms with Gasteiger partial charge in [-0.1, -0.05) is 39.0 Å². The summed E-state index contributed by atoms with van der Waals surface area (Å²) in [5.74, 6) is 0.488. The van der Waals surface area contributed by atoms with E-state index in [2.05, 4.69) is 15.6 Å². The van der Waals surface area contributed by atoms with Crippen LogP contribution in [0.25, 0.3) is 10.9 Å². The van der Waals surface area contributed by atoms with Gasteiger partial charge in [-0.2, -0.15) is 0 Å². The molecule has 10 nitrogen and oxygen atoms in total. The molecule has 226 valence electrons. The van der Waals surface area contributed by atoms with Crippen molar-refractivity contribution in [3.8, 4) is 23.0 Å². The summed E-state index contributed by atoms with van der Waals surface area (Å²) in [6.45, 7) is 5.75. The van der Waals surface area contributed by atoms with E-state index in [1.165, 1.54) is 13.2 Å². The third-order valence-electron chi connectivity index (χ3n) is 6.20. The fraction of sp³-hybridized carbons (Fsp3) is 0.273. The molecule has 4 rings (SSSR count). The van der Waals surface area contributed by atoms with Gasteiger partial charge in [0.2, 0.25) is 5.91 Å². The van der Waals surface area contributed by atoms with E-state index in [1.54, 1.807) is 54.7 Å². The van der Waals surface area contributed by atoms with E-state index >= 15 is 0 Å². The average molecular weight is 588 g/mol. The summed E-state index contributed by atoms with van der Waals surface area (Å²) in [5.41, 5.74) is 1.85. The van der Waals surface area contributed by atoms with Gasteiger partial charge in [-0.3, -0.25) is 14.6 Å². The molecular weight excluding hydrogens is 550 g/mol. The lowest BCUT2D eigenvalue weighted by Gasteiger charge is -2.16. The number of amides is 2. The molecule has 4 aromatic rings. The van der Waals surface area contributed by atoms with Gasteiger partial charge >= 0.3 is 5.97 Å². The van der Waals surface area contributed by atoms with Crippen molar-refractivity contribution in [3.63, 3.8) is 0 Å². The third kappa shape index (κ3) is 9.74. The number of carboxylic acids is 1. The van der Waals surface area contributed by atoms with Gasteiger partial charge in [0.05, 0.1) is 12.6 Å². The second kappa shape index (κ2) is 15.8. The van der Waals surface area contributed by atoms with E-state index in [4.69, 9.17) is 14.6 Å². The normalized spacial score (nSPS) is 11.2. The SMILES string of the molecule is CCCC(=O)N[C@@H](CC(C)C)C(=O)O.COc1cc2c(Oc3ccc(NC(=O)c4ccccc4)cc3)ccnc2cc1O. The molecule has 10 heteroatoms. The Hall–Kier alpha value is -5.12. The number of carboxylic acid groups (broad SMARTS) is 1. The number of methoxy groups -OCH3 is 1. The molecule has 0 bridgehead atoms. The van der Waals surface area contributed by atoms with Crippen LogP contribution in [0.5, 0.6) is 23.0 Å². The number of hydrogen-bond acceptors (Lipinski definition) is 7. The standard InChI is InChI=1S/C23H18N2O4.C10H19NO3/c1-28-22-13-18-19(14-20(22)26)24-12-11-21(18)29-17-9-7-16(8-10-17)25-23(27)15-5-3-2-4-6-15;1-4-5-9(12)11-8(10(13)14)6-7(2)3/h2-14,26H,1H3,(H,25,27);7-8H,4-6H2,1-3H3,(H,11,12)(H,13,14)/t;8-/m.0/s1. The lowest BCUT2D eigenvalue weighted by molar-refractivity contribution is -0.142. The molecule has 0 spiro atoms. The number of benzene rings is 3. The van der Waals surface area contributed by atoms with E-state index < -0.39 is 12.0 Å². The molecule has 3 aromatic carbocycles. The largest absolute Gasteiger partial charge is 0.504 e. The number of aliphatic carboxylic acids is 1. The van der Waals surface area contributed by atoms with Crippen LogP contribution in [0.2, 0.25) is 0 Å². The molecule has 1 heterocycles. The van der Waals surface area contributed by atoms with Crippen molar-refractivity contribution < 1.29 is 34.1 Å². The maximum atomic E-state index is 12.2. The summed E-state index contributed by atoms with van der Waals surface area (Å²) in [6, 6.07) is 20.3. The first-order chi connectivity index (χ1) is 20.6. The number of carbonyl (C=O) groups excluding carboxylic acids is 2. The fourth-order valence-electron chi connectivity index (χ4n) is 4.10. The molecule has 0 radical (unpaired) electrons. The van der Waals surface area contributed by atoms with Crippen molar-refractivity contribution in [3.05, 3.63) is 84.6 Å². The zero-order chi connectivity index (χ0) is 31.4. The van der Waals surface area contributed by atoms with Gasteiger partial charge < -0.3 is 30.3 Å². The predicted octanol–water partition coefficient (Wildman–Crippen LogP) is 6.40. The van der Waals surface area contributed by atoms with Crippen molar-refractivity contribution in [2.45, 2.75) is 46.1 Å². The number of phenolic OH excluding ortho intramolecular Hbond substituents is 1. The van der Waals surface area contributed by atoms with Gasteiger partial charge in [0.15, 0.2) is 11.5 Å². The van der Waals surface area contributed by atoms with Gasteiger partial charge in [0.25, 0.3) is 5.91 Å². The number of hydrogen-bond donors (Lipinski definition) is 4. The second-order valence-corrected chi connectivity index (χ2v) is 10.1. The summed E-state index contributed by atoms with van der Waals surface area (Å²) in [6.07, 6.45) is 3.21. The number of aromatic nitrogens is 1. The Kier molecular flexibility index (Phi) is 11.9. The highest BCUT2D eigenvalue weighted by atomic mass is 16.5. The topological polar surface area (TPSA) is 147 Å². The molecule has 0 fully saturated rings. The van der Waals surface area contributed by atoms with Crippen LogP contribution in [0, 0.1) is 5.92 Å². The molecule has 0 saturated heterocycles. The van der Waals surface area contributed by atoms with Crippen LogP contribution in [-0.2, 0) is 9.59 Å². The molecular formula is C33H37N3O7. The third-order valence-corrected chi connectivity index (χ3v) is 6.20. The number of fused-ring (bicyclic) bond motifs is 1. The predicted molar refractivity (Wildman–Crippen MR) is 165 cm³/mol. The highest BCUT2D eigenvalue weighted by Crippen LogP contribution is 2.36. The van der Waals surface area contributed by atoms with Gasteiger partial charge in [0.1, 0.15) is 17.5 Å². The molecule has 43 heavy (non-hydrogen) atoms. The van der Waals surface area contributed by atoms with Crippen molar-refractivity contribution >= 4 is 34.4 Å². The minimum atomic E-state index is -0.955. The van der Waals surface area contributed by atoms with Crippen LogP contribution < -0.4 is 20.1 Å². The zero-order valence-corrected chi connectivity index (χ0v) is 24.7. The smallest absolute Gasteiger partial charge is 0.326 e. The number of nitrogens with one attached hydrogen (secondary N) is 2. The summed E-state index contributed by atoms with van der Waals surface area (Å²) in [4.78, 5) is 38.4. The first-order valence-electron chi connectivity index (χ1n) is 13.9. The van der Waals surface area contributed by atoms with Crippen molar-refractivity contribution in [2.75, 3.05) is 12.4 Å². The molecule has 0 unspecified atom stereocenters. The van der Waals surface area contributed by atoms with Crippen molar-refractivity contribution in [1.82, 2.24) is 10.3 Å². The lowest BCUT2D eigenvalue weighted by atomic mass is 10.0. The second-order valence-electron chi connectivity index (χ2n) is 10.1. The first kappa shape index (κ1) is 32.4. The van der Waals surface area contributed by atoms with Crippen LogP contribution in [0.1, 0.15) is 50.4 Å². The maximum Gasteiger partial charge on any atom is 0.326 e. The number of aromatic hydroxyl groups is 1. The minimum Gasteiger partial charge on any atom is -0.504 e. The Morgan fingerprint density at radius 2 is 1.65 bits per heavy atom. The number of anilines is 1.